The van der Waals surface area contributed by atoms with Crippen LogP contribution in [0.3, 0.4) is 0 Å². The largest absolute Gasteiger partial charge is 0.496 e. The molecular formula is C12H15ClO3S. The number of benzene rings is 1. The molecule has 1 aromatic carbocycles. The van der Waals surface area contributed by atoms with Gasteiger partial charge in [0, 0.05) is 10.7 Å². The van der Waals surface area contributed by atoms with Gasteiger partial charge in [-0.3, -0.25) is 0 Å². The van der Waals surface area contributed by atoms with Crippen LogP contribution < -0.4 is 4.74 Å². The molecule has 0 bridgehead atoms. The molecule has 0 amide bonds. The fourth-order valence-electron chi connectivity index (χ4n) is 2.42. The van der Waals surface area contributed by atoms with Crippen LogP contribution in [0.1, 0.15) is 29.5 Å². The number of hydrogen-bond donors (Lipinski definition) is 0. The molecule has 0 spiro atoms. The van der Waals surface area contributed by atoms with Gasteiger partial charge in [-0.2, -0.15) is 0 Å². The predicted octanol–water partition coefficient (Wildman–Crippen LogP) is 2.64. The topological polar surface area (TPSA) is 43.4 Å². The van der Waals surface area contributed by atoms with Crippen LogP contribution in [0.25, 0.3) is 0 Å². The summed E-state index contributed by atoms with van der Waals surface area (Å²) in [6.45, 7) is 0. The van der Waals surface area contributed by atoms with Crippen molar-refractivity contribution in [3.8, 4) is 5.75 Å². The zero-order chi connectivity index (χ0) is 12.5. The van der Waals surface area contributed by atoms with Gasteiger partial charge in [0.2, 0.25) is 9.05 Å². The Morgan fingerprint density at radius 1 is 1.24 bits per heavy atom. The summed E-state index contributed by atoms with van der Waals surface area (Å²) in [4.78, 5) is 0. The Hall–Kier alpha value is -0.740. The van der Waals surface area contributed by atoms with E-state index < -0.39 is 9.05 Å². The van der Waals surface area contributed by atoms with Crippen LogP contribution in [0.5, 0.6) is 5.75 Å². The molecule has 0 atom stereocenters. The Balaban J connectivity index is 2.47. The molecule has 1 aromatic rings. The van der Waals surface area contributed by atoms with Crippen molar-refractivity contribution in [1.82, 2.24) is 0 Å². The van der Waals surface area contributed by atoms with Crippen LogP contribution in [0.2, 0.25) is 0 Å². The Bertz CT molecular complexity index is 523. The lowest BCUT2D eigenvalue weighted by Gasteiger charge is -2.21. The fraction of sp³-hybridized carbons (Fsp3) is 0.500. The highest BCUT2D eigenvalue weighted by atomic mass is 35.7. The molecule has 0 saturated heterocycles. The van der Waals surface area contributed by atoms with Crippen molar-refractivity contribution in [3.05, 3.63) is 28.8 Å². The zero-order valence-electron chi connectivity index (χ0n) is 9.70. The number of ether oxygens (including phenoxy) is 1. The highest BCUT2D eigenvalue weighted by Gasteiger charge is 2.20. The molecule has 0 radical (unpaired) electrons. The minimum Gasteiger partial charge on any atom is -0.496 e. The van der Waals surface area contributed by atoms with Crippen LogP contribution in [0, 0.1) is 0 Å². The summed E-state index contributed by atoms with van der Waals surface area (Å²) in [5.74, 6) is 0.761. The number of halogens is 1. The first-order chi connectivity index (χ1) is 8.01. The van der Waals surface area contributed by atoms with Gasteiger partial charge in [-0.05, 0) is 48.4 Å². The first-order valence-corrected chi connectivity index (χ1v) is 8.09. The Morgan fingerprint density at radius 3 is 2.47 bits per heavy atom. The third-order valence-electron chi connectivity index (χ3n) is 3.14. The van der Waals surface area contributed by atoms with Crippen molar-refractivity contribution in [2.45, 2.75) is 31.4 Å². The Kier molecular flexibility index (Phi) is 3.64. The molecule has 3 nitrogen and oxygen atoms in total. The average Bonchev–Trinajstić information content (AvgIpc) is 2.28. The zero-order valence-corrected chi connectivity index (χ0v) is 11.3. The molecule has 2 rings (SSSR count). The lowest BCUT2D eigenvalue weighted by atomic mass is 9.88. The molecule has 0 N–H and O–H groups in total. The minimum absolute atomic E-state index is 0.0963. The van der Waals surface area contributed by atoms with Crippen molar-refractivity contribution < 1.29 is 13.2 Å². The van der Waals surface area contributed by atoms with Gasteiger partial charge in [-0.25, -0.2) is 8.42 Å². The van der Waals surface area contributed by atoms with E-state index in [1.54, 1.807) is 7.11 Å². The van der Waals surface area contributed by atoms with Crippen molar-refractivity contribution in [1.29, 1.82) is 0 Å². The highest BCUT2D eigenvalue weighted by molar-refractivity contribution is 8.13. The van der Waals surface area contributed by atoms with Crippen molar-refractivity contribution >= 4 is 19.7 Å². The lowest BCUT2D eigenvalue weighted by Crippen LogP contribution is -2.10. The third kappa shape index (κ3) is 2.93. The van der Waals surface area contributed by atoms with E-state index in [-0.39, 0.29) is 5.75 Å². The third-order valence-corrected chi connectivity index (χ3v) is 4.12. The fourth-order valence-corrected chi connectivity index (χ4v) is 3.42. The standard InChI is InChI=1S/C12H15ClO3S/c1-16-12-7-6-9(8-17(13,14)15)10-4-2-3-5-11(10)12/h6-7H,2-5,8H2,1H3. The normalized spacial score (nSPS) is 15.4. The van der Waals surface area contributed by atoms with E-state index in [0.717, 1.165) is 48.1 Å². The Morgan fingerprint density at radius 2 is 1.88 bits per heavy atom. The first kappa shape index (κ1) is 12.7. The van der Waals surface area contributed by atoms with Gasteiger partial charge in [-0.15, -0.1) is 0 Å². The van der Waals surface area contributed by atoms with E-state index in [9.17, 15) is 8.42 Å². The monoisotopic (exact) mass is 274 g/mol. The highest BCUT2D eigenvalue weighted by Crippen LogP contribution is 2.33. The average molecular weight is 275 g/mol. The molecular weight excluding hydrogens is 260 g/mol. The van der Waals surface area contributed by atoms with E-state index in [0.29, 0.717) is 0 Å². The van der Waals surface area contributed by atoms with Crippen LogP contribution in [0.4, 0.5) is 0 Å². The first-order valence-electron chi connectivity index (χ1n) is 5.61. The maximum Gasteiger partial charge on any atom is 0.236 e. The molecule has 0 aliphatic heterocycles. The number of hydrogen-bond acceptors (Lipinski definition) is 3. The van der Waals surface area contributed by atoms with Gasteiger partial charge in [-0.1, -0.05) is 6.07 Å². The van der Waals surface area contributed by atoms with Crippen molar-refractivity contribution in [2.75, 3.05) is 7.11 Å². The van der Waals surface area contributed by atoms with Gasteiger partial charge in [0.05, 0.1) is 12.9 Å². The van der Waals surface area contributed by atoms with Gasteiger partial charge in [0.15, 0.2) is 0 Å². The smallest absolute Gasteiger partial charge is 0.236 e. The molecule has 0 unspecified atom stereocenters. The van der Waals surface area contributed by atoms with Crippen LogP contribution in [-0.4, -0.2) is 15.5 Å². The summed E-state index contributed by atoms with van der Waals surface area (Å²) < 4.78 is 27.7. The van der Waals surface area contributed by atoms with Crippen molar-refractivity contribution in [2.24, 2.45) is 0 Å². The summed E-state index contributed by atoms with van der Waals surface area (Å²) in [6, 6.07) is 3.64. The van der Waals surface area contributed by atoms with Crippen LogP contribution >= 0.6 is 10.7 Å². The molecule has 0 aromatic heterocycles. The minimum atomic E-state index is -3.50. The van der Waals surface area contributed by atoms with E-state index >= 15 is 0 Å². The van der Waals surface area contributed by atoms with Gasteiger partial charge in [0.1, 0.15) is 5.75 Å². The summed E-state index contributed by atoms with van der Waals surface area (Å²) in [6.07, 6.45) is 4.08. The predicted molar refractivity (Wildman–Crippen MR) is 68.1 cm³/mol. The van der Waals surface area contributed by atoms with Crippen LogP contribution in [-0.2, 0) is 27.6 Å². The second-order valence-corrected chi connectivity index (χ2v) is 7.05. The maximum atomic E-state index is 11.2. The van der Waals surface area contributed by atoms with E-state index in [1.165, 1.54) is 0 Å². The summed E-state index contributed by atoms with van der Waals surface area (Å²) in [7, 11) is 3.47. The van der Waals surface area contributed by atoms with Gasteiger partial charge < -0.3 is 4.74 Å². The van der Waals surface area contributed by atoms with Crippen molar-refractivity contribution in [3.63, 3.8) is 0 Å². The van der Waals surface area contributed by atoms with E-state index in [4.69, 9.17) is 15.4 Å². The van der Waals surface area contributed by atoms with Crippen LogP contribution in [0.15, 0.2) is 12.1 Å². The SMILES string of the molecule is COc1ccc(CS(=O)(=O)Cl)c2c1CCCC2. The summed E-state index contributed by atoms with van der Waals surface area (Å²) in [5, 5.41) is 0. The maximum absolute atomic E-state index is 11.2. The molecule has 0 heterocycles. The molecule has 5 heteroatoms. The molecule has 1 aliphatic carbocycles. The number of methoxy groups -OCH3 is 1. The molecule has 17 heavy (non-hydrogen) atoms. The quantitative estimate of drug-likeness (QED) is 0.796. The molecule has 0 fully saturated rings. The van der Waals surface area contributed by atoms with E-state index in [1.807, 2.05) is 12.1 Å². The summed E-state index contributed by atoms with van der Waals surface area (Å²) in [5.41, 5.74) is 3.08. The lowest BCUT2D eigenvalue weighted by molar-refractivity contribution is 0.406. The molecule has 1 aliphatic rings. The Labute approximate surface area is 106 Å². The number of fused-ring (bicyclic) bond motifs is 1. The molecule has 0 saturated carbocycles. The van der Waals surface area contributed by atoms with Gasteiger partial charge in [0.25, 0.3) is 0 Å². The molecule has 94 valence electrons. The van der Waals surface area contributed by atoms with E-state index in [2.05, 4.69) is 0 Å². The second kappa shape index (κ2) is 4.86. The number of rotatable bonds is 3. The summed E-state index contributed by atoms with van der Waals surface area (Å²) >= 11 is 0. The second-order valence-electron chi connectivity index (χ2n) is 4.27. The van der Waals surface area contributed by atoms with Gasteiger partial charge >= 0.3 is 0 Å².